The second kappa shape index (κ2) is 6.09. The number of aliphatic hydroxyl groups is 1. The number of rotatable bonds is 2. The fraction of sp³-hybridized carbons (Fsp3) is 0.500. The zero-order valence-electron chi connectivity index (χ0n) is 9.35. The third-order valence-electron chi connectivity index (χ3n) is 2.99. The third-order valence-corrected chi connectivity index (χ3v) is 2.99. The normalized spacial score (nSPS) is 24.6. The summed E-state index contributed by atoms with van der Waals surface area (Å²) in [6.45, 7) is 1.63. The molecule has 0 spiro atoms. The lowest BCUT2D eigenvalue weighted by molar-refractivity contribution is 0.117. The Bertz CT molecular complexity index is 333. The van der Waals surface area contributed by atoms with E-state index < -0.39 is 0 Å². The summed E-state index contributed by atoms with van der Waals surface area (Å²) in [6.07, 6.45) is 0.650. The maximum absolute atomic E-state index is 9.92. The van der Waals surface area contributed by atoms with Gasteiger partial charge in [-0.15, -0.1) is 12.4 Å². The molecule has 4 heteroatoms. The number of hydrogen-bond donors (Lipinski definition) is 2. The summed E-state index contributed by atoms with van der Waals surface area (Å²) >= 11 is 0. The minimum atomic E-state index is -0.310. The van der Waals surface area contributed by atoms with Gasteiger partial charge in [-0.3, -0.25) is 0 Å². The average Bonchev–Trinajstić information content (AvgIpc) is 2.30. The van der Waals surface area contributed by atoms with Crippen molar-refractivity contribution in [2.24, 2.45) is 0 Å². The molecule has 1 aliphatic heterocycles. The highest BCUT2D eigenvalue weighted by molar-refractivity contribution is 5.85. The Balaban J connectivity index is 0.00000128. The first-order chi connectivity index (χ1) is 7.33. The molecule has 2 atom stereocenters. The Labute approximate surface area is 102 Å². The number of halogens is 1. The van der Waals surface area contributed by atoms with E-state index in [2.05, 4.69) is 5.32 Å². The van der Waals surface area contributed by atoms with Crippen LogP contribution in [0.2, 0.25) is 0 Å². The molecule has 0 bridgehead atoms. The van der Waals surface area contributed by atoms with Crippen molar-refractivity contribution >= 4 is 12.4 Å². The van der Waals surface area contributed by atoms with Crippen LogP contribution in [0.5, 0.6) is 5.75 Å². The number of para-hydroxylation sites is 1. The first-order valence-corrected chi connectivity index (χ1v) is 5.34. The number of hydrogen-bond acceptors (Lipinski definition) is 3. The van der Waals surface area contributed by atoms with Gasteiger partial charge in [0.05, 0.1) is 13.2 Å². The topological polar surface area (TPSA) is 41.5 Å². The Hall–Kier alpha value is -0.770. The molecular weight excluding hydrogens is 226 g/mol. The molecule has 90 valence electrons. The maximum atomic E-state index is 9.92. The second-order valence-corrected chi connectivity index (χ2v) is 3.91. The molecule has 0 aromatic heterocycles. The standard InChI is InChI=1S/C12H17NO2.ClH/c1-15-12-5-3-2-4-10(12)9-6-7-13-8-11(9)14;/h2-5,9,11,13-14H,6-8H2,1H3;1H. The Morgan fingerprint density at radius 3 is 2.81 bits per heavy atom. The fourth-order valence-electron chi connectivity index (χ4n) is 2.18. The molecule has 3 nitrogen and oxygen atoms in total. The molecule has 16 heavy (non-hydrogen) atoms. The molecule has 0 saturated carbocycles. The van der Waals surface area contributed by atoms with E-state index in [-0.39, 0.29) is 24.4 Å². The molecule has 1 saturated heterocycles. The van der Waals surface area contributed by atoms with Crippen LogP contribution in [0.4, 0.5) is 0 Å². The second-order valence-electron chi connectivity index (χ2n) is 3.91. The molecule has 1 aromatic carbocycles. The van der Waals surface area contributed by atoms with Crippen molar-refractivity contribution in [3.63, 3.8) is 0 Å². The lowest BCUT2D eigenvalue weighted by Crippen LogP contribution is -2.39. The Kier molecular flexibility index (Phi) is 5.06. The lowest BCUT2D eigenvalue weighted by Gasteiger charge is -2.29. The molecule has 2 rings (SSSR count). The van der Waals surface area contributed by atoms with Gasteiger partial charge in [-0.2, -0.15) is 0 Å². The van der Waals surface area contributed by atoms with Crippen LogP contribution in [0, 0.1) is 0 Å². The van der Waals surface area contributed by atoms with Crippen molar-refractivity contribution in [2.75, 3.05) is 20.2 Å². The number of β-amino-alcohol motifs (C(OH)–C–C–N with tert-alkyl or cyclic N) is 1. The Morgan fingerprint density at radius 2 is 2.12 bits per heavy atom. The zero-order chi connectivity index (χ0) is 10.7. The number of aliphatic hydroxyl groups excluding tert-OH is 1. The molecule has 0 aliphatic carbocycles. The van der Waals surface area contributed by atoms with Crippen LogP contribution in [0.1, 0.15) is 17.9 Å². The van der Waals surface area contributed by atoms with Gasteiger partial charge in [-0.25, -0.2) is 0 Å². The van der Waals surface area contributed by atoms with Gasteiger partial charge in [0.15, 0.2) is 0 Å². The fourth-order valence-corrected chi connectivity index (χ4v) is 2.18. The number of benzene rings is 1. The van der Waals surface area contributed by atoms with Gasteiger partial charge in [0.25, 0.3) is 0 Å². The lowest BCUT2D eigenvalue weighted by atomic mass is 9.87. The van der Waals surface area contributed by atoms with Gasteiger partial charge < -0.3 is 15.2 Å². The highest BCUT2D eigenvalue weighted by Gasteiger charge is 2.26. The van der Waals surface area contributed by atoms with E-state index in [0.717, 1.165) is 24.3 Å². The minimum Gasteiger partial charge on any atom is -0.496 e. The van der Waals surface area contributed by atoms with Crippen LogP contribution in [-0.4, -0.2) is 31.4 Å². The van der Waals surface area contributed by atoms with Gasteiger partial charge in [0.1, 0.15) is 5.75 Å². The summed E-state index contributed by atoms with van der Waals surface area (Å²) in [4.78, 5) is 0. The quantitative estimate of drug-likeness (QED) is 0.828. The molecule has 0 radical (unpaired) electrons. The number of piperidine rings is 1. The van der Waals surface area contributed by atoms with E-state index in [1.54, 1.807) is 7.11 Å². The number of methoxy groups -OCH3 is 1. The Morgan fingerprint density at radius 1 is 1.38 bits per heavy atom. The highest BCUT2D eigenvalue weighted by Crippen LogP contribution is 2.32. The molecule has 1 heterocycles. The van der Waals surface area contributed by atoms with Gasteiger partial charge in [0.2, 0.25) is 0 Å². The van der Waals surface area contributed by atoms with Crippen molar-refractivity contribution in [3.8, 4) is 5.75 Å². The minimum absolute atomic E-state index is 0. The van der Waals surface area contributed by atoms with Gasteiger partial charge in [0, 0.05) is 12.5 Å². The smallest absolute Gasteiger partial charge is 0.122 e. The van der Waals surface area contributed by atoms with Crippen LogP contribution >= 0.6 is 12.4 Å². The van der Waals surface area contributed by atoms with Crippen LogP contribution in [0.3, 0.4) is 0 Å². The predicted octanol–water partition coefficient (Wildman–Crippen LogP) is 1.55. The largest absolute Gasteiger partial charge is 0.496 e. The van der Waals surface area contributed by atoms with Crippen molar-refractivity contribution < 1.29 is 9.84 Å². The van der Waals surface area contributed by atoms with Crippen LogP contribution in [-0.2, 0) is 0 Å². The molecule has 0 amide bonds. The monoisotopic (exact) mass is 243 g/mol. The summed E-state index contributed by atoms with van der Waals surface area (Å²) in [6, 6.07) is 7.94. The molecular formula is C12H18ClNO2. The summed E-state index contributed by atoms with van der Waals surface area (Å²) < 4.78 is 5.32. The molecule has 1 aromatic rings. The van der Waals surface area contributed by atoms with Crippen molar-refractivity contribution in [1.29, 1.82) is 0 Å². The predicted molar refractivity (Wildman–Crippen MR) is 66.5 cm³/mol. The SMILES string of the molecule is COc1ccccc1C1CCNCC1O.Cl. The van der Waals surface area contributed by atoms with Crippen molar-refractivity contribution in [2.45, 2.75) is 18.4 Å². The van der Waals surface area contributed by atoms with Gasteiger partial charge in [-0.05, 0) is 24.6 Å². The van der Waals surface area contributed by atoms with E-state index in [4.69, 9.17) is 4.74 Å². The van der Waals surface area contributed by atoms with E-state index in [9.17, 15) is 5.11 Å². The highest BCUT2D eigenvalue weighted by atomic mass is 35.5. The van der Waals surface area contributed by atoms with Crippen LogP contribution in [0.25, 0.3) is 0 Å². The average molecular weight is 244 g/mol. The van der Waals surface area contributed by atoms with E-state index in [1.165, 1.54) is 0 Å². The summed E-state index contributed by atoms with van der Waals surface area (Å²) in [5, 5.41) is 13.1. The molecule has 2 N–H and O–H groups in total. The van der Waals surface area contributed by atoms with Gasteiger partial charge >= 0.3 is 0 Å². The first kappa shape index (κ1) is 13.3. The number of nitrogens with one attached hydrogen (secondary N) is 1. The molecule has 2 unspecified atom stereocenters. The molecule has 1 fully saturated rings. The maximum Gasteiger partial charge on any atom is 0.122 e. The van der Waals surface area contributed by atoms with Gasteiger partial charge in [-0.1, -0.05) is 18.2 Å². The number of ether oxygens (including phenoxy) is 1. The van der Waals surface area contributed by atoms with E-state index in [1.807, 2.05) is 24.3 Å². The summed E-state index contributed by atoms with van der Waals surface area (Å²) in [5.74, 6) is 1.07. The zero-order valence-corrected chi connectivity index (χ0v) is 10.2. The van der Waals surface area contributed by atoms with E-state index in [0.29, 0.717) is 6.54 Å². The first-order valence-electron chi connectivity index (χ1n) is 5.34. The van der Waals surface area contributed by atoms with E-state index >= 15 is 0 Å². The summed E-state index contributed by atoms with van der Waals surface area (Å²) in [7, 11) is 1.67. The van der Waals surface area contributed by atoms with Crippen molar-refractivity contribution in [3.05, 3.63) is 29.8 Å². The van der Waals surface area contributed by atoms with Crippen molar-refractivity contribution in [1.82, 2.24) is 5.32 Å². The van der Waals surface area contributed by atoms with Crippen LogP contribution in [0.15, 0.2) is 24.3 Å². The third kappa shape index (κ3) is 2.67. The molecule has 1 aliphatic rings. The van der Waals surface area contributed by atoms with Crippen LogP contribution < -0.4 is 10.1 Å². The summed E-state index contributed by atoms with van der Waals surface area (Å²) in [5.41, 5.74) is 1.12.